The number of aromatic carboxylic acids is 1. The number of hydrogen-bond donors (Lipinski definition) is 1. The van der Waals surface area contributed by atoms with Gasteiger partial charge in [0.05, 0.1) is 31.0 Å². The van der Waals surface area contributed by atoms with Gasteiger partial charge in [-0.1, -0.05) is 30.3 Å². The molecule has 28 heavy (non-hydrogen) atoms. The molecule has 142 valence electrons. The van der Waals surface area contributed by atoms with Crippen LogP contribution in [0, 0.1) is 0 Å². The maximum absolute atomic E-state index is 13.4. The number of carbonyl (C=O) groups is 1. The third-order valence-corrected chi connectivity index (χ3v) is 5.85. The first-order chi connectivity index (χ1) is 13.5. The van der Waals surface area contributed by atoms with Crippen molar-refractivity contribution in [2.24, 2.45) is 0 Å². The van der Waals surface area contributed by atoms with Crippen molar-refractivity contribution in [1.82, 2.24) is 4.57 Å². The van der Waals surface area contributed by atoms with Crippen LogP contribution >= 0.6 is 11.3 Å². The van der Waals surface area contributed by atoms with Crippen LogP contribution in [0.3, 0.4) is 0 Å². The molecular formula is C21H17NO5S. The van der Waals surface area contributed by atoms with Crippen molar-refractivity contribution < 1.29 is 19.4 Å². The van der Waals surface area contributed by atoms with E-state index >= 15 is 0 Å². The molecule has 0 bridgehead atoms. The van der Waals surface area contributed by atoms with Gasteiger partial charge in [-0.15, -0.1) is 11.3 Å². The zero-order valence-corrected chi connectivity index (χ0v) is 16.1. The molecule has 2 heterocycles. The second-order valence-electron chi connectivity index (χ2n) is 6.23. The number of rotatable bonds is 5. The Hall–Kier alpha value is -3.32. The predicted molar refractivity (Wildman–Crippen MR) is 109 cm³/mol. The summed E-state index contributed by atoms with van der Waals surface area (Å²) in [4.78, 5) is 25.0. The van der Waals surface area contributed by atoms with Gasteiger partial charge in [0.25, 0.3) is 5.56 Å². The summed E-state index contributed by atoms with van der Waals surface area (Å²) in [6, 6.07) is 15.0. The number of carboxylic acids is 1. The van der Waals surface area contributed by atoms with Crippen LogP contribution < -0.4 is 15.0 Å². The molecule has 0 amide bonds. The van der Waals surface area contributed by atoms with Crippen LogP contribution in [0.4, 0.5) is 0 Å². The van der Waals surface area contributed by atoms with Gasteiger partial charge in [0.1, 0.15) is 11.1 Å². The van der Waals surface area contributed by atoms with Crippen molar-refractivity contribution in [1.29, 1.82) is 0 Å². The maximum Gasteiger partial charge on any atom is 0.349 e. The van der Waals surface area contributed by atoms with Crippen molar-refractivity contribution in [3.8, 4) is 11.5 Å². The van der Waals surface area contributed by atoms with Gasteiger partial charge in [0.2, 0.25) is 0 Å². The highest BCUT2D eigenvalue weighted by atomic mass is 32.1. The van der Waals surface area contributed by atoms with Crippen LogP contribution in [0.1, 0.15) is 15.2 Å². The molecule has 7 heteroatoms. The molecule has 2 aromatic heterocycles. The number of nitrogens with zero attached hydrogens (tertiary/aromatic N) is 1. The maximum atomic E-state index is 13.4. The molecule has 0 saturated heterocycles. The number of benzene rings is 2. The molecule has 0 aliphatic heterocycles. The molecular weight excluding hydrogens is 378 g/mol. The minimum Gasteiger partial charge on any atom is -0.497 e. The van der Waals surface area contributed by atoms with E-state index in [9.17, 15) is 14.7 Å². The molecule has 0 fully saturated rings. The number of aromatic nitrogens is 1. The Morgan fingerprint density at radius 1 is 1.07 bits per heavy atom. The van der Waals surface area contributed by atoms with E-state index in [4.69, 9.17) is 9.47 Å². The summed E-state index contributed by atoms with van der Waals surface area (Å²) in [5, 5.41) is 10.6. The van der Waals surface area contributed by atoms with Gasteiger partial charge in [0.15, 0.2) is 10.6 Å². The first-order valence-corrected chi connectivity index (χ1v) is 9.35. The Bertz CT molecular complexity index is 1250. The lowest BCUT2D eigenvalue weighted by Gasteiger charge is -2.12. The lowest BCUT2D eigenvalue weighted by atomic mass is 10.1. The number of para-hydroxylation sites is 1. The smallest absolute Gasteiger partial charge is 0.349 e. The summed E-state index contributed by atoms with van der Waals surface area (Å²) < 4.78 is 12.8. The largest absolute Gasteiger partial charge is 0.497 e. The van der Waals surface area contributed by atoms with Crippen molar-refractivity contribution in [3.05, 3.63) is 69.3 Å². The molecule has 4 rings (SSSR count). The summed E-state index contributed by atoms with van der Waals surface area (Å²) in [7, 11) is 2.99. The first kappa shape index (κ1) is 18.1. The highest BCUT2D eigenvalue weighted by molar-refractivity contribution is 7.22. The zero-order valence-electron chi connectivity index (χ0n) is 15.3. The van der Waals surface area contributed by atoms with E-state index in [0.29, 0.717) is 16.6 Å². The van der Waals surface area contributed by atoms with Gasteiger partial charge in [0, 0.05) is 5.39 Å². The van der Waals surface area contributed by atoms with Gasteiger partial charge in [-0.05, 0) is 23.8 Å². The summed E-state index contributed by atoms with van der Waals surface area (Å²) in [6.07, 6.45) is 0. The number of pyridine rings is 1. The number of hydrogen-bond acceptors (Lipinski definition) is 5. The van der Waals surface area contributed by atoms with Crippen LogP contribution in [0.15, 0.2) is 53.3 Å². The van der Waals surface area contributed by atoms with Crippen LogP contribution in [-0.2, 0) is 6.54 Å². The van der Waals surface area contributed by atoms with E-state index in [1.165, 1.54) is 7.11 Å². The topological polar surface area (TPSA) is 77.8 Å². The summed E-state index contributed by atoms with van der Waals surface area (Å²) in [6.45, 7) is 0.348. The Morgan fingerprint density at radius 2 is 1.79 bits per heavy atom. The normalized spacial score (nSPS) is 11.1. The SMILES string of the molecule is COc1ccc(Cn2c(=O)c3c(OC)c(C(=O)O)sc3c3ccccc32)cc1. The Morgan fingerprint density at radius 3 is 2.43 bits per heavy atom. The van der Waals surface area contributed by atoms with Gasteiger partial charge >= 0.3 is 5.97 Å². The number of carboxylic acid groups (broad SMARTS) is 1. The average molecular weight is 395 g/mol. The third-order valence-electron chi connectivity index (χ3n) is 4.66. The quantitative estimate of drug-likeness (QED) is 0.553. The van der Waals surface area contributed by atoms with Gasteiger partial charge in [-0.25, -0.2) is 4.79 Å². The Balaban J connectivity index is 2.02. The number of thiophene rings is 1. The second-order valence-corrected chi connectivity index (χ2v) is 7.25. The highest BCUT2D eigenvalue weighted by Gasteiger charge is 2.24. The zero-order chi connectivity index (χ0) is 19.8. The molecule has 2 aromatic carbocycles. The fraction of sp³-hybridized carbons (Fsp3) is 0.143. The van der Waals surface area contributed by atoms with E-state index in [0.717, 1.165) is 33.6 Å². The molecule has 0 spiro atoms. The standard InChI is InChI=1S/C21H17NO5S/c1-26-13-9-7-12(8-10-13)11-22-15-6-4-3-5-14(15)18-16(20(22)23)17(27-2)19(28-18)21(24)25/h3-10H,11H2,1-2H3,(H,24,25). The van der Waals surface area contributed by atoms with Gasteiger partial charge in [-0.3, -0.25) is 4.79 Å². The van der Waals surface area contributed by atoms with Gasteiger partial charge < -0.3 is 19.1 Å². The van der Waals surface area contributed by atoms with Crippen molar-refractivity contribution in [3.63, 3.8) is 0 Å². The van der Waals surface area contributed by atoms with E-state index in [-0.39, 0.29) is 16.2 Å². The number of methoxy groups -OCH3 is 2. The van der Waals surface area contributed by atoms with Crippen LogP contribution in [0.5, 0.6) is 11.5 Å². The minimum atomic E-state index is -1.11. The number of ether oxygens (including phenoxy) is 2. The van der Waals surface area contributed by atoms with E-state index < -0.39 is 5.97 Å². The molecule has 0 radical (unpaired) electrons. The molecule has 0 unspecified atom stereocenters. The number of fused-ring (bicyclic) bond motifs is 3. The molecule has 4 aromatic rings. The molecule has 0 aliphatic rings. The third kappa shape index (κ3) is 2.80. The van der Waals surface area contributed by atoms with Crippen molar-refractivity contribution >= 4 is 38.3 Å². The monoisotopic (exact) mass is 395 g/mol. The lowest BCUT2D eigenvalue weighted by molar-refractivity contribution is 0.0699. The summed E-state index contributed by atoms with van der Waals surface area (Å²) >= 11 is 1.07. The van der Waals surface area contributed by atoms with Crippen molar-refractivity contribution in [2.75, 3.05) is 14.2 Å². The lowest BCUT2D eigenvalue weighted by Crippen LogP contribution is -2.21. The minimum absolute atomic E-state index is 0.0296. The fourth-order valence-corrected chi connectivity index (χ4v) is 4.49. The van der Waals surface area contributed by atoms with Crippen molar-refractivity contribution in [2.45, 2.75) is 6.54 Å². The average Bonchev–Trinajstić information content (AvgIpc) is 3.12. The van der Waals surface area contributed by atoms with Crippen LogP contribution in [0.25, 0.3) is 21.0 Å². The molecule has 0 atom stereocenters. The summed E-state index contributed by atoms with van der Waals surface area (Å²) in [5.74, 6) is -0.253. The Kier molecular flexibility index (Phi) is 4.52. The first-order valence-electron chi connectivity index (χ1n) is 8.53. The van der Waals surface area contributed by atoms with E-state index in [1.54, 1.807) is 11.7 Å². The molecule has 0 aliphatic carbocycles. The molecule has 6 nitrogen and oxygen atoms in total. The van der Waals surface area contributed by atoms with E-state index in [2.05, 4.69) is 0 Å². The van der Waals surface area contributed by atoms with Crippen LogP contribution in [0.2, 0.25) is 0 Å². The summed E-state index contributed by atoms with van der Waals surface area (Å²) in [5.41, 5.74) is 1.40. The molecule has 1 N–H and O–H groups in total. The molecule has 0 saturated carbocycles. The fourth-order valence-electron chi connectivity index (χ4n) is 3.35. The van der Waals surface area contributed by atoms with Crippen LogP contribution in [-0.4, -0.2) is 29.9 Å². The van der Waals surface area contributed by atoms with Gasteiger partial charge in [-0.2, -0.15) is 0 Å². The second kappa shape index (κ2) is 7.01. The van der Waals surface area contributed by atoms with E-state index in [1.807, 2.05) is 48.5 Å². The highest BCUT2D eigenvalue weighted by Crippen LogP contribution is 2.39. The Labute approximate surface area is 164 Å². The predicted octanol–water partition coefficient (Wildman–Crippen LogP) is 3.98.